The lowest BCUT2D eigenvalue weighted by molar-refractivity contribution is 0.0993. The molecule has 5 heteroatoms. The van der Waals surface area contributed by atoms with Crippen LogP contribution in [0.1, 0.15) is 64.6 Å². The van der Waals surface area contributed by atoms with Crippen LogP contribution in [0.4, 0.5) is 0 Å². The Balaban J connectivity index is 1.68. The quantitative estimate of drug-likeness (QED) is 0.927. The number of nitrogens with zero attached hydrogens (tertiary/aromatic N) is 3. The Hall–Kier alpha value is -0.940. The van der Waals surface area contributed by atoms with Gasteiger partial charge in [-0.1, -0.05) is 32.3 Å². The van der Waals surface area contributed by atoms with Crippen molar-refractivity contribution >= 4 is 0 Å². The van der Waals surface area contributed by atoms with E-state index in [0.29, 0.717) is 12.1 Å². The fourth-order valence-electron chi connectivity index (χ4n) is 3.51. The van der Waals surface area contributed by atoms with E-state index in [0.717, 1.165) is 24.8 Å². The number of rotatable bonds is 3. The zero-order valence-electron chi connectivity index (χ0n) is 13.6. The highest BCUT2D eigenvalue weighted by molar-refractivity contribution is 5.00. The first-order valence-corrected chi connectivity index (χ1v) is 8.34. The second kappa shape index (κ2) is 6.05. The Morgan fingerprint density at radius 3 is 2.76 bits per heavy atom. The van der Waals surface area contributed by atoms with Gasteiger partial charge in [-0.2, -0.15) is 4.98 Å². The minimum atomic E-state index is -0.0456. The van der Waals surface area contributed by atoms with Crippen molar-refractivity contribution in [1.29, 1.82) is 0 Å². The van der Waals surface area contributed by atoms with Crippen molar-refractivity contribution in [2.24, 2.45) is 0 Å². The van der Waals surface area contributed by atoms with Gasteiger partial charge in [0.2, 0.25) is 5.89 Å². The summed E-state index contributed by atoms with van der Waals surface area (Å²) in [5.41, 5.74) is -0.0456. The van der Waals surface area contributed by atoms with E-state index in [1.165, 1.54) is 38.6 Å². The third kappa shape index (κ3) is 3.46. The molecule has 3 rings (SSSR count). The van der Waals surface area contributed by atoms with Crippen LogP contribution in [0.2, 0.25) is 0 Å². The Morgan fingerprint density at radius 1 is 1.24 bits per heavy atom. The SMILES string of the molecule is CC(C)(C)c1noc(CN2CCCCC2C2CCCN2)n1. The van der Waals surface area contributed by atoms with Crippen molar-refractivity contribution in [3.05, 3.63) is 11.7 Å². The van der Waals surface area contributed by atoms with E-state index in [1.807, 2.05) is 0 Å². The Labute approximate surface area is 127 Å². The summed E-state index contributed by atoms with van der Waals surface area (Å²) in [5.74, 6) is 1.58. The molecule has 0 spiro atoms. The van der Waals surface area contributed by atoms with Crippen LogP contribution in [-0.4, -0.2) is 40.2 Å². The van der Waals surface area contributed by atoms with E-state index >= 15 is 0 Å². The monoisotopic (exact) mass is 292 g/mol. The first-order valence-electron chi connectivity index (χ1n) is 8.34. The summed E-state index contributed by atoms with van der Waals surface area (Å²) in [4.78, 5) is 7.14. The molecule has 0 amide bonds. The molecule has 5 nitrogen and oxygen atoms in total. The molecule has 2 aliphatic rings. The van der Waals surface area contributed by atoms with Crippen molar-refractivity contribution in [3.8, 4) is 0 Å². The number of aromatic nitrogens is 2. The summed E-state index contributed by atoms with van der Waals surface area (Å²) in [5, 5.41) is 7.81. The molecule has 3 heterocycles. The van der Waals surface area contributed by atoms with Crippen LogP contribution < -0.4 is 5.32 Å². The number of likely N-dealkylation sites (tertiary alicyclic amines) is 1. The first-order chi connectivity index (χ1) is 10.0. The molecule has 2 unspecified atom stereocenters. The lowest BCUT2D eigenvalue weighted by atomic mass is 9.94. The van der Waals surface area contributed by atoms with E-state index < -0.39 is 0 Å². The van der Waals surface area contributed by atoms with Gasteiger partial charge in [-0.25, -0.2) is 0 Å². The maximum Gasteiger partial charge on any atom is 0.240 e. The topological polar surface area (TPSA) is 54.2 Å². The maximum absolute atomic E-state index is 5.48. The molecule has 0 bridgehead atoms. The average molecular weight is 292 g/mol. The van der Waals surface area contributed by atoms with Gasteiger partial charge >= 0.3 is 0 Å². The summed E-state index contributed by atoms with van der Waals surface area (Å²) in [6.45, 7) is 9.47. The second-order valence-corrected chi connectivity index (χ2v) is 7.50. The summed E-state index contributed by atoms with van der Waals surface area (Å²) >= 11 is 0. The minimum absolute atomic E-state index is 0.0456. The molecule has 0 saturated carbocycles. The molecule has 118 valence electrons. The van der Waals surface area contributed by atoms with Gasteiger partial charge in [0.25, 0.3) is 0 Å². The molecular formula is C16H28N4O. The van der Waals surface area contributed by atoms with Crippen LogP contribution in [0.3, 0.4) is 0 Å². The van der Waals surface area contributed by atoms with Gasteiger partial charge in [0.05, 0.1) is 6.54 Å². The third-order valence-electron chi connectivity index (χ3n) is 4.70. The van der Waals surface area contributed by atoms with Gasteiger partial charge in [-0.3, -0.25) is 4.90 Å². The predicted molar refractivity (Wildman–Crippen MR) is 82.1 cm³/mol. The molecule has 21 heavy (non-hydrogen) atoms. The van der Waals surface area contributed by atoms with Crippen molar-refractivity contribution in [1.82, 2.24) is 20.4 Å². The molecule has 1 aromatic heterocycles. The normalized spacial score (nSPS) is 28.1. The van der Waals surface area contributed by atoms with Crippen LogP contribution in [0.15, 0.2) is 4.52 Å². The van der Waals surface area contributed by atoms with Gasteiger partial charge in [-0.15, -0.1) is 0 Å². The predicted octanol–water partition coefficient (Wildman–Crippen LogP) is 2.47. The fraction of sp³-hybridized carbons (Fsp3) is 0.875. The van der Waals surface area contributed by atoms with Gasteiger partial charge in [0.15, 0.2) is 5.82 Å². The molecular weight excluding hydrogens is 264 g/mol. The third-order valence-corrected chi connectivity index (χ3v) is 4.70. The summed E-state index contributed by atoms with van der Waals surface area (Å²) in [7, 11) is 0. The van der Waals surface area contributed by atoms with Gasteiger partial charge in [0, 0.05) is 17.5 Å². The zero-order chi connectivity index (χ0) is 14.9. The number of piperidine rings is 1. The Bertz CT molecular complexity index is 459. The van der Waals surface area contributed by atoms with Crippen LogP contribution in [0, 0.1) is 0 Å². The van der Waals surface area contributed by atoms with E-state index in [4.69, 9.17) is 4.52 Å². The number of hydrogen-bond donors (Lipinski definition) is 1. The highest BCUT2D eigenvalue weighted by Crippen LogP contribution is 2.26. The standard InChI is InChI=1S/C16H28N4O/c1-16(2,3)15-18-14(21-19-15)11-20-10-5-4-8-13(20)12-7-6-9-17-12/h12-13,17H,4-11H2,1-3H3. The largest absolute Gasteiger partial charge is 0.338 e. The van der Waals surface area contributed by atoms with Crippen molar-refractivity contribution in [3.63, 3.8) is 0 Å². The molecule has 2 fully saturated rings. The van der Waals surface area contributed by atoms with Crippen LogP contribution in [0.25, 0.3) is 0 Å². The fourth-order valence-corrected chi connectivity index (χ4v) is 3.51. The molecule has 0 radical (unpaired) electrons. The zero-order valence-corrected chi connectivity index (χ0v) is 13.6. The molecule has 2 saturated heterocycles. The second-order valence-electron chi connectivity index (χ2n) is 7.50. The molecule has 2 aliphatic heterocycles. The van der Waals surface area contributed by atoms with E-state index in [1.54, 1.807) is 0 Å². The lowest BCUT2D eigenvalue weighted by Gasteiger charge is -2.38. The molecule has 1 N–H and O–H groups in total. The van der Waals surface area contributed by atoms with Crippen LogP contribution in [-0.2, 0) is 12.0 Å². The summed E-state index contributed by atoms with van der Waals surface area (Å²) in [6.07, 6.45) is 6.53. The minimum Gasteiger partial charge on any atom is -0.338 e. The number of nitrogens with one attached hydrogen (secondary N) is 1. The van der Waals surface area contributed by atoms with E-state index in [2.05, 4.69) is 41.1 Å². The maximum atomic E-state index is 5.48. The smallest absolute Gasteiger partial charge is 0.240 e. The van der Waals surface area contributed by atoms with Gasteiger partial charge < -0.3 is 9.84 Å². The van der Waals surface area contributed by atoms with E-state index in [-0.39, 0.29) is 5.41 Å². The highest BCUT2D eigenvalue weighted by Gasteiger charge is 2.32. The van der Waals surface area contributed by atoms with Crippen molar-refractivity contribution in [2.45, 2.75) is 76.9 Å². The van der Waals surface area contributed by atoms with Crippen LogP contribution in [0.5, 0.6) is 0 Å². The average Bonchev–Trinajstić information content (AvgIpc) is 3.09. The number of hydrogen-bond acceptors (Lipinski definition) is 5. The summed E-state index contributed by atoms with van der Waals surface area (Å²) in [6, 6.07) is 1.28. The highest BCUT2D eigenvalue weighted by atomic mass is 16.5. The molecule has 1 aromatic rings. The summed E-state index contributed by atoms with van der Waals surface area (Å²) < 4.78 is 5.48. The molecule has 0 aliphatic carbocycles. The van der Waals surface area contributed by atoms with Crippen molar-refractivity contribution < 1.29 is 4.52 Å². The Morgan fingerprint density at radius 2 is 2.10 bits per heavy atom. The van der Waals surface area contributed by atoms with E-state index in [9.17, 15) is 0 Å². The van der Waals surface area contributed by atoms with Gasteiger partial charge in [-0.05, 0) is 38.8 Å². The van der Waals surface area contributed by atoms with Gasteiger partial charge in [0.1, 0.15) is 0 Å². The lowest BCUT2D eigenvalue weighted by Crippen LogP contribution is -2.49. The first kappa shape index (κ1) is 15.0. The molecule has 0 aromatic carbocycles. The van der Waals surface area contributed by atoms with Crippen LogP contribution >= 0.6 is 0 Å². The molecule has 2 atom stereocenters. The van der Waals surface area contributed by atoms with Crippen molar-refractivity contribution in [2.75, 3.05) is 13.1 Å². The Kier molecular flexibility index (Phi) is 4.31.